The van der Waals surface area contributed by atoms with Crippen molar-refractivity contribution >= 4 is 46.4 Å². The van der Waals surface area contributed by atoms with E-state index in [0.29, 0.717) is 29.2 Å². The van der Waals surface area contributed by atoms with Crippen LogP contribution in [-0.2, 0) is 13.0 Å². The third-order valence-electron chi connectivity index (χ3n) is 7.36. The minimum Gasteiger partial charge on any atom is -0.387 e. The van der Waals surface area contributed by atoms with E-state index in [2.05, 4.69) is 20.4 Å². The predicted molar refractivity (Wildman–Crippen MR) is 178 cm³/mol. The van der Waals surface area contributed by atoms with E-state index in [0.717, 1.165) is 22.6 Å². The maximum Gasteiger partial charge on any atom is 0.258 e. The lowest BCUT2D eigenvalue weighted by atomic mass is 9.73. The minimum atomic E-state index is -0.861. The molecule has 1 unspecified atom stereocenters. The van der Waals surface area contributed by atoms with Crippen LogP contribution in [0.15, 0.2) is 104 Å². The number of aryl methyl sites for hydroxylation is 1. The molecule has 0 saturated carbocycles. The number of hydrogen-bond acceptors (Lipinski definition) is 5. The maximum absolute atomic E-state index is 12.4. The topological polar surface area (TPSA) is 92.9 Å². The van der Waals surface area contributed by atoms with Crippen molar-refractivity contribution in [3.8, 4) is 11.1 Å². The number of aliphatic hydroxyl groups is 1. The molecule has 0 spiro atoms. The normalized spacial score (nSPS) is 12.5. The van der Waals surface area contributed by atoms with E-state index in [1.54, 1.807) is 29.3 Å². The summed E-state index contributed by atoms with van der Waals surface area (Å²) in [6.45, 7) is 6.58. The fraction of sp³-hybridized carbons (Fsp3) is 0.235. The van der Waals surface area contributed by atoms with Gasteiger partial charge in [-0.2, -0.15) is 5.10 Å². The number of nitrogens with one attached hydrogen (secondary N) is 1. The number of pyridine rings is 1. The first kappa shape index (κ1) is 33.1. The average Bonchev–Trinajstić information content (AvgIpc) is 3.50. The van der Waals surface area contributed by atoms with Crippen molar-refractivity contribution in [2.75, 3.05) is 5.32 Å². The van der Waals surface area contributed by atoms with E-state index < -0.39 is 5.60 Å². The SMILES string of the molecule is CC(C)(C)C(O)(CCc1ccc(Cl)cc1)Cn1cncn1.O=C(Nc1ccccc1-c1ccc(Cl)cc1)c1cccnc1Cl. The van der Waals surface area contributed by atoms with Crippen molar-refractivity contribution in [3.05, 3.63) is 130 Å². The Bertz CT molecular complexity index is 1650. The fourth-order valence-electron chi connectivity index (χ4n) is 4.49. The molecule has 5 rings (SSSR count). The van der Waals surface area contributed by atoms with Crippen molar-refractivity contribution in [3.63, 3.8) is 0 Å². The molecule has 1 atom stereocenters. The number of amides is 1. The minimum absolute atomic E-state index is 0.175. The Balaban J connectivity index is 0.000000202. The Morgan fingerprint density at radius 3 is 2.16 bits per heavy atom. The van der Waals surface area contributed by atoms with Crippen LogP contribution in [0.2, 0.25) is 15.2 Å². The number of para-hydroxylation sites is 1. The van der Waals surface area contributed by atoms with Gasteiger partial charge in [-0.1, -0.05) is 98.0 Å². The third-order valence-corrected chi connectivity index (χ3v) is 8.17. The summed E-state index contributed by atoms with van der Waals surface area (Å²) in [5.41, 5.74) is 2.94. The molecule has 0 aliphatic heterocycles. The van der Waals surface area contributed by atoms with E-state index in [-0.39, 0.29) is 16.5 Å². The summed E-state index contributed by atoms with van der Waals surface area (Å²) in [5.74, 6) is -0.301. The van der Waals surface area contributed by atoms with Crippen LogP contribution in [0, 0.1) is 5.41 Å². The molecule has 228 valence electrons. The van der Waals surface area contributed by atoms with Gasteiger partial charge in [-0.25, -0.2) is 9.97 Å². The molecule has 1 amide bonds. The summed E-state index contributed by atoms with van der Waals surface area (Å²) < 4.78 is 1.69. The van der Waals surface area contributed by atoms with Gasteiger partial charge in [0.1, 0.15) is 17.8 Å². The van der Waals surface area contributed by atoms with E-state index in [4.69, 9.17) is 34.8 Å². The predicted octanol–water partition coefficient (Wildman–Crippen LogP) is 8.65. The van der Waals surface area contributed by atoms with Gasteiger partial charge in [0.2, 0.25) is 0 Å². The molecule has 0 radical (unpaired) electrons. The summed E-state index contributed by atoms with van der Waals surface area (Å²) in [7, 11) is 0. The number of anilines is 1. The second-order valence-corrected chi connectivity index (χ2v) is 12.6. The second kappa shape index (κ2) is 14.8. The van der Waals surface area contributed by atoms with Crippen LogP contribution < -0.4 is 5.32 Å². The first-order valence-corrected chi connectivity index (χ1v) is 15.1. The molecular weight excluding hydrogens is 617 g/mol. The molecule has 44 heavy (non-hydrogen) atoms. The number of carbonyl (C=O) groups is 1. The first-order valence-electron chi connectivity index (χ1n) is 14.0. The summed E-state index contributed by atoms with van der Waals surface area (Å²) in [6, 6.07) is 26.1. The van der Waals surface area contributed by atoms with E-state index in [1.807, 2.05) is 93.6 Å². The van der Waals surface area contributed by atoms with Gasteiger partial charge in [-0.05, 0) is 71.8 Å². The van der Waals surface area contributed by atoms with Gasteiger partial charge in [-0.15, -0.1) is 0 Å². The number of hydrogen-bond donors (Lipinski definition) is 2. The van der Waals surface area contributed by atoms with Crippen molar-refractivity contribution in [2.24, 2.45) is 5.41 Å². The molecule has 7 nitrogen and oxygen atoms in total. The summed E-state index contributed by atoms with van der Waals surface area (Å²) in [4.78, 5) is 20.3. The molecule has 0 bridgehead atoms. The largest absolute Gasteiger partial charge is 0.387 e. The molecule has 0 aliphatic carbocycles. The Morgan fingerprint density at radius 2 is 1.55 bits per heavy atom. The second-order valence-electron chi connectivity index (χ2n) is 11.3. The molecule has 2 N–H and O–H groups in total. The number of nitrogens with zero attached hydrogens (tertiary/aromatic N) is 4. The number of aromatic nitrogens is 4. The zero-order valence-electron chi connectivity index (χ0n) is 24.7. The average molecular weight is 651 g/mol. The van der Waals surface area contributed by atoms with Crippen LogP contribution in [0.1, 0.15) is 43.1 Å². The summed E-state index contributed by atoms with van der Waals surface area (Å²) in [6.07, 6.45) is 6.11. The lowest BCUT2D eigenvalue weighted by Crippen LogP contribution is -2.47. The van der Waals surface area contributed by atoms with Gasteiger partial charge < -0.3 is 10.4 Å². The van der Waals surface area contributed by atoms with Crippen molar-refractivity contribution in [1.29, 1.82) is 0 Å². The van der Waals surface area contributed by atoms with Crippen LogP contribution in [0.25, 0.3) is 11.1 Å². The smallest absolute Gasteiger partial charge is 0.258 e. The van der Waals surface area contributed by atoms with E-state index in [1.165, 1.54) is 11.9 Å². The lowest BCUT2D eigenvalue weighted by molar-refractivity contribution is -0.0796. The molecular formula is C34H34Cl3N5O2. The van der Waals surface area contributed by atoms with Crippen LogP contribution in [-0.4, -0.2) is 36.4 Å². The van der Waals surface area contributed by atoms with Crippen LogP contribution in [0.5, 0.6) is 0 Å². The molecule has 2 aromatic heterocycles. The van der Waals surface area contributed by atoms with Gasteiger partial charge in [0.15, 0.2) is 0 Å². The molecule has 3 aromatic carbocycles. The number of benzene rings is 3. The molecule has 0 aliphatic rings. The Labute approximate surface area is 272 Å². The highest BCUT2D eigenvalue weighted by Crippen LogP contribution is 2.36. The quantitative estimate of drug-likeness (QED) is 0.164. The summed E-state index contributed by atoms with van der Waals surface area (Å²) >= 11 is 17.8. The molecule has 0 fully saturated rings. The van der Waals surface area contributed by atoms with Crippen molar-refractivity contribution in [2.45, 2.75) is 45.8 Å². The highest BCUT2D eigenvalue weighted by atomic mass is 35.5. The van der Waals surface area contributed by atoms with Gasteiger partial charge in [0, 0.05) is 27.5 Å². The number of carbonyl (C=O) groups excluding carboxylic acids is 1. The van der Waals surface area contributed by atoms with Crippen molar-refractivity contribution in [1.82, 2.24) is 19.7 Å². The van der Waals surface area contributed by atoms with Crippen LogP contribution in [0.3, 0.4) is 0 Å². The standard InChI is InChI=1S/C18H12Cl2N2O.C16H22ClN3O/c19-13-9-7-12(8-10-13)14-4-1-2-6-16(14)22-18(23)15-5-3-11-21-17(15)20;1-15(2,3)16(21,10-20-12-18-11-19-20)9-8-13-4-6-14(17)7-5-13/h1-11H,(H,22,23);4-7,11-12,21H,8-10H2,1-3H3. The molecule has 2 heterocycles. The molecule has 5 aromatic rings. The lowest BCUT2D eigenvalue weighted by Gasteiger charge is -2.40. The number of halogens is 3. The van der Waals surface area contributed by atoms with Gasteiger partial charge >= 0.3 is 0 Å². The van der Waals surface area contributed by atoms with Crippen LogP contribution in [0.4, 0.5) is 5.69 Å². The highest BCUT2D eigenvalue weighted by Gasteiger charge is 2.40. The molecule has 0 saturated heterocycles. The summed E-state index contributed by atoms with van der Waals surface area (Å²) in [5, 5.41) is 19.7. The van der Waals surface area contributed by atoms with Crippen LogP contribution >= 0.6 is 34.8 Å². The third kappa shape index (κ3) is 8.89. The number of rotatable bonds is 8. The first-order chi connectivity index (χ1) is 20.9. The van der Waals surface area contributed by atoms with Gasteiger partial charge in [0.25, 0.3) is 5.91 Å². The fourth-order valence-corrected chi connectivity index (χ4v) is 4.95. The highest BCUT2D eigenvalue weighted by molar-refractivity contribution is 6.33. The zero-order chi connectivity index (χ0) is 31.7. The van der Waals surface area contributed by atoms with E-state index in [9.17, 15) is 9.90 Å². The maximum atomic E-state index is 12.4. The van der Waals surface area contributed by atoms with Gasteiger partial charge in [-0.3, -0.25) is 9.48 Å². The van der Waals surface area contributed by atoms with Crippen molar-refractivity contribution < 1.29 is 9.90 Å². The molecule has 10 heteroatoms. The van der Waals surface area contributed by atoms with Gasteiger partial charge in [0.05, 0.1) is 17.7 Å². The Morgan fingerprint density at radius 1 is 0.886 bits per heavy atom. The monoisotopic (exact) mass is 649 g/mol. The Kier molecular flexibility index (Phi) is 11.2. The van der Waals surface area contributed by atoms with E-state index >= 15 is 0 Å². The Hall–Kier alpha value is -3.75. The zero-order valence-corrected chi connectivity index (χ0v) is 27.0.